The summed E-state index contributed by atoms with van der Waals surface area (Å²) in [5.41, 5.74) is 4.66. The maximum Gasteiger partial charge on any atom is 0.126 e. The molecule has 97 valence electrons. The van der Waals surface area contributed by atoms with Gasteiger partial charge in [0.25, 0.3) is 0 Å². The molecular formula is C16H13N4. The SMILES string of the molecule is Cc1[c]ccc2[nH]c(CNc3ccc(C#N)cc3)nc12. The van der Waals surface area contributed by atoms with Gasteiger partial charge in [0.05, 0.1) is 29.2 Å². The second kappa shape index (κ2) is 5.06. The number of nitrogens with zero attached hydrogens (tertiary/aromatic N) is 2. The fourth-order valence-corrected chi connectivity index (χ4v) is 2.09. The Labute approximate surface area is 117 Å². The third-order valence-corrected chi connectivity index (χ3v) is 3.16. The first-order valence-electron chi connectivity index (χ1n) is 6.36. The van der Waals surface area contributed by atoms with Crippen LogP contribution < -0.4 is 5.32 Å². The molecule has 0 amide bonds. The molecule has 0 fully saturated rings. The monoisotopic (exact) mass is 261 g/mol. The van der Waals surface area contributed by atoms with E-state index in [1.165, 1.54) is 0 Å². The van der Waals surface area contributed by atoms with Crippen LogP contribution in [0, 0.1) is 24.3 Å². The van der Waals surface area contributed by atoms with Crippen LogP contribution in [0.5, 0.6) is 0 Å². The standard InChI is InChI=1S/C16H13N4/c1-11-3-2-4-14-16(11)20-15(19-14)10-18-13-7-5-12(9-17)6-8-13/h2,4-8,18H,10H2,1H3,(H,19,20). The zero-order chi connectivity index (χ0) is 13.9. The number of fused-ring (bicyclic) bond motifs is 1. The van der Waals surface area contributed by atoms with Crippen LogP contribution in [0.25, 0.3) is 11.0 Å². The number of aryl methyl sites for hydroxylation is 1. The third-order valence-electron chi connectivity index (χ3n) is 3.16. The highest BCUT2D eigenvalue weighted by Gasteiger charge is 2.04. The molecule has 1 aromatic heterocycles. The molecule has 4 nitrogen and oxygen atoms in total. The van der Waals surface area contributed by atoms with E-state index < -0.39 is 0 Å². The topological polar surface area (TPSA) is 64.5 Å². The second-order valence-corrected chi connectivity index (χ2v) is 4.59. The fourth-order valence-electron chi connectivity index (χ4n) is 2.09. The van der Waals surface area contributed by atoms with E-state index in [4.69, 9.17) is 5.26 Å². The molecule has 4 heteroatoms. The number of rotatable bonds is 3. The van der Waals surface area contributed by atoms with E-state index in [-0.39, 0.29) is 0 Å². The van der Waals surface area contributed by atoms with E-state index in [0.717, 1.165) is 28.1 Å². The summed E-state index contributed by atoms with van der Waals surface area (Å²) in [6, 6.07) is 16.5. The highest BCUT2D eigenvalue weighted by atomic mass is 15.0. The molecule has 1 heterocycles. The van der Waals surface area contributed by atoms with Crippen LogP contribution >= 0.6 is 0 Å². The zero-order valence-corrected chi connectivity index (χ0v) is 11.1. The van der Waals surface area contributed by atoms with Crippen molar-refractivity contribution in [2.75, 3.05) is 5.32 Å². The lowest BCUT2D eigenvalue weighted by atomic mass is 10.2. The molecule has 0 bridgehead atoms. The summed E-state index contributed by atoms with van der Waals surface area (Å²) < 4.78 is 0. The second-order valence-electron chi connectivity index (χ2n) is 4.59. The van der Waals surface area contributed by atoms with Crippen molar-refractivity contribution in [3.63, 3.8) is 0 Å². The molecule has 3 aromatic rings. The number of hydrogen-bond donors (Lipinski definition) is 2. The Bertz CT molecular complexity index is 778. The number of nitriles is 1. The summed E-state index contributed by atoms with van der Waals surface area (Å²) in [7, 11) is 0. The van der Waals surface area contributed by atoms with Crippen molar-refractivity contribution < 1.29 is 0 Å². The lowest BCUT2D eigenvalue weighted by Crippen LogP contribution is -2.00. The Kier molecular flexibility index (Phi) is 3.10. The van der Waals surface area contributed by atoms with E-state index in [1.807, 2.05) is 31.2 Å². The van der Waals surface area contributed by atoms with Gasteiger partial charge in [-0.25, -0.2) is 4.98 Å². The Morgan fingerprint density at radius 3 is 2.80 bits per heavy atom. The molecule has 0 unspecified atom stereocenters. The Balaban J connectivity index is 1.76. The van der Waals surface area contributed by atoms with Crippen LogP contribution in [0.15, 0.2) is 36.4 Å². The van der Waals surface area contributed by atoms with Gasteiger partial charge < -0.3 is 10.3 Å². The first kappa shape index (κ1) is 12.2. The molecule has 20 heavy (non-hydrogen) atoms. The average molecular weight is 261 g/mol. The normalized spacial score (nSPS) is 10.4. The third kappa shape index (κ3) is 2.34. The molecule has 0 aliphatic rings. The zero-order valence-electron chi connectivity index (χ0n) is 11.1. The fraction of sp³-hybridized carbons (Fsp3) is 0.125. The Hall–Kier alpha value is -2.80. The lowest BCUT2D eigenvalue weighted by molar-refractivity contribution is 1.01. The van der Waals surface area contributed by atoms with Crippen LogP contribution in [-0.4, -0.2) is 9.97 Å². The van der Waals surface area contributed by atoms with Crippen molar-refractivity contribution in [2.45, 2.75) is 13.5 Å². The van der Waals surface area contributed by atoms with Crippen molar-refractivity contribution in [1.82, 2.24) is 9.97 Å². The first-order valence-corrected chi connectivity index (χ1v) is 6.36. The molecule has 2 aromatic carbocycles. The molecule has 0 atom stereocenters. The minimum absolute atomic E-state index is 0.611. The molecule has 0 saturated heterocycles. The predicted molar refractivity (Wildman–Crippen MR) is 78.2 cm³/mol. The molecular weight excluding hydrogens is 248 g/mol. The van der Waals surface area contributed by atoms with Gasteiger partial charge in [-0.1, -0.05) is 6.07 Å². The smallest absolute Gasteiger partial charge is 0.126 e. The van der Waals surface area contributed by atoms with Gasteiger partial charge in [0.1, 0.15) is 5.82 Å². The molecule has 2 N–H and O–H groups in total. The molecule has 0 aliphatic heterocycles. The largest absolute Gasteiger partial charge is 0.378 e. The maximum atomic E-state index is 8.75. The van der Waals surface area contributed by atoms with E-state index >= 15 is 0 Å². The van der Waals surface area contributed by atoms with E-state index in [9.17, 15) is 0 Å². The van der Waals surface area contributed by atoms with Crippen molar-refractivity contribution in [2.24, 2.45) is 0 Å². The lowest BCUT2D eigenvalue weighted by Gasteiger charge is -2.03. The molecule has 0 aliphatic carbocycles. The number of aromatic nitrogens is 2. The molecule has 1 radical (unpaired) electrons. The van der Waals surface area contributed by atoms with Gasteiger partial charge in [0, 0.05) is 5.69 Å². The van der Waals surface area contributed by atoms with Crippen LogP contribution in [0.2, 0.25) is 0 Å². The minimum atomic E-state index is 0.611. The number of hydrogen-bond acceptors (Lipinski definition) is 3. The van der Waals surface area contributed by atoms with Crippen LogP contribution in [0.4, 0.5) is 5.69 Å². The summed E-state index contributed by atoms with van der Waals surface area (Å²) in [4.78, 5) is 7.84. The summed E-state index contributed by atoms with van der Waals surface area (Å²) in [5.74, 6) is 0.882. The van der Waals surface area contributed by atoms with Crippen molar-refractivity contribution in [1.29, 1.82) is 5.26 Å². The number of anilines is 1. The molecule has 0 saturated carbocycles. The predicted octanol–water partition coefficient (Wildman–Crippen LogP) is 3.16. The van der Waals surface area contributed by atoms with Gasteiger partial charge in [-0.15, -0.1) is 0 Å². The summed E-state index contributed by atoms with van der Waals surface area (Å²) in [5, 5.41) is 12.0. The Morgan fingerprint density at radius 2 is 2.10 bits per heavy atom. The number of imidazole rings is 1. The summed E-state index contributed by atoms with van der Waals surface area (Å²) in [6.45, 7) is 2.61. The highest BCUT2D eigenvalue weighted by molar-refractivity contribution is 5.78. The van der Waals surface area contributed by atoms with Crippen LogP contribution in [0.3, 0.4) is 0 Å². The van der Waals surface area contributed by atoms with Gasteiger partial charge in [0.15, 0.2) is 0 Å². The summed E-state index contributed by atoms with van der Waals surface area (Å²) >= 11 is 0. The average Bonchev–Trinajstić information content (AvgIpc) is 2.90. The molecule has 0 spiro atoms. The Morgan fingerprint density at radius 1 is 1.30 bits per heavy atom. The van der Waals surface area contributed by atoms with Crippen molar-refractivity contribution in [3.8, 4) is 6.07 Å². The molecule has 3 rings (SSSR count). The highest BCUT2D eigenvalue weighted by Crippen LogP contribution is 2.16. The van der Waals surface area contributed by atoms with Gasteiger partial charge in [-0.05, 0) is 48.9 Å². The summed E-state index contributed by atoms with van der Waals surface area (Å²) in [6.07, 6.45) is 0. The van der Waals surface area contributed by atoms with Gasteiger partial charge >= 0.3 is 0 Å². The van der Waals surface area contributed by atoms with Gasteiger partial charge in [-0.3, -0.25) is 0 Å². The number of benzene rings is 2. The number of aromatic amines is 1. The van der Waals surface area contributed by atoms with Crippen LogP contribution in [0.1, 0.15) is 17.0 Å². The quantitative estimate of drug-likeness (QED) is 0.761. The number of H-pyrrole nitrogens is 1. The van der Waals surface area contributed by atoms with E-state index in [1.54, 1.807) is 12.1 Å². The van der Waals surface area contributed by atoms with Crippen LogP contribution in [-0.2, 0) is 6.54 Å². The minimum Gasteiger partial charge on any atom is -0.378 e. The van der Waals surface area contributed by atoms with Gasteiger partial charge in [-0.2, -0.15) is 5.26 Å². The number of nitrogens with one attached hydrogen (secondary N) is 2. The van der Waals surface area contributed by atoms with Crippen molar-refractivity contribution in [3.05, 3.63) is 59.4 Å². The van der Waals surface area contributed by atoms with E-state index in [2.05, 4.69) is 27.4 Å². The van der Waals surface area contributed by atoms with Crippen molar-refractivity contribution >= 4 is 16.7 Å². The van der Waals surface area contributed by atoms with E-state index in [0.29, 0.717) is 12.1 Å². The van der Waals surface area contributed by atoms with Gasteiger partial charge in [0.2, 0.25) is 0 Å². The maximum absolute atomic E-state index is 8.75. The first-order chi connectivity index (χ1) is 9.76.